The molecule has 20 heavy (non-hydrogen) atoms. The van der Waals surface area contributed by atoms with Crippen LogP contribution in [0.3, 0.4) is 0 Å². The zero-order valence-electron chi connectivity index (χ0n) is 12.0. The SMILES string of the molecule is COc1ccc(-c2cn(C(C)C)nc2C)c(C(=O)O)c1. The van der Waals surface area contributed by atoms with E-state index < -0.39 is 5.97 Å². The van der Waals surface area contributed by atoms with Crippen molar-refractivity contribution in [3.8, 4) is 16.9 Å². The molecule has 0 amide bonds. The standard InChI is InChI=1S/C15H18N2O3/c1-9(2)17-8-14(10(3)16-17)12-6-5-11(20-4)7-13(12)15(18)19/h5-9H,1-4H3,(H,18,19). The molecule has 0 bridgehead atoms. The maximum Gasteiger partial charge on any atom is 0.336 e. The fourth-order valence-corrected chi connectivity index (χ4v) is 2.07. The molecule has 0 radical (unpaired) electrons. The number of aromatic carboxylic acids is 1. The molecule has 106 valence electrons. The number of carboxylic acids is 1. The zero-order chi connectivity index (χ0) is 14.9. The highest BCUT2D eigenvalue weighted by Crippen LogP contribution is 2.30. The molecule has 1 aromatic carbocycles. The van der Waals surface area contributed by atoms with Gasteiger partial charge >= 0.3 is 5.97 Å². The molecule has 2 aromatic rings. The summed E-state index contributed by atoms with van der Waals surface area (Å²) in [4.78, 5) is 11.4. The maximum absolute atomic E-state index is 11.4. The van der Waals surface area contributed by atoms with Gasteiger partial charge in [-0.3, -0.25) is 4.68 Å². The molecule has 2 rings (SSSR count). The van der Waals surface area contributed by atoms with E-state index in [1.807, 2.05) is 31.6 Å². The Labute approximate surface area is 117 Å². The summed E-state index contributed by atoms with van der Waals surface area (Å²) in [6.07, 6.45) is 1.88. The van der Waals surface area contributed by atoms with Crippen LogP contribution in [0.2, 0.25) is 0 Å². The molecular weight excluding hydrogens is 256 g/mol. The number of nitrogens with zero attached hydrogens (tertiary/aromatic N) is 2. The van der Waals surface area contributed by atoms with Gasteiger partial charge in [-0.2, -0.15) is 5.10 Å². The van der Waals surface area contributed by atoms with E-state index in [9.17, 15) is 9.90 Å². The van der Waals surface area contributed by atoms with Crippen molar-refractivity contribution >= 4 is 5.97 Å². The van der Waals surface area contributed by atoms with Gasteiger partial charge < -0.3 is 9.84 Å². The van der Waals surface area contributed by atoms with Gasteiger partial charge in [-0.1, -0.05) is 0 Å². The first-order valence-electron chi connectivity index (χ1n) is 6.41. The van der Waals surface area contributed by atoms with Crippen molar-refractivity contribution in [2.45, 2.75) is 26.8 Å². The van der Waals surface area contributed by atoms with E-state index in [0.29, 0.717) is 11.3 Å². The van der Waals surface area contributed by atoms with E-state index in [1.165, 1.54) is 13.2 Å². The summed E-state index contributed by atoms with van der Waals surface area (Å²) in [5.41, 5.74) is 2.52. The van der Waals surface area contributed by atoms with Crippen molar-refractivity contribution in [2.75, 3.05) is 7.11 Å². The number of aromatic nitrogens is 2. The van der Waals surface area contributed by atoms with Gasteiger partial charge in [-0.05, 0) is 44.5 Å². The molecular formula is C15H18N2O3. The van der Waals surface area contributed by atoms with E-state index in [1.54, 1.807) is 12.1 Å². The molecule has 1 N–H and O–H groups in total. The Morgan fingerprint density at radius 2 is 2.05 bits per heavy atom. The molecule has 0 atom stereocenters. The highest BCUT2D eigenvalue weighted by Gasteiger charge is 2.17. The summed E-state index contributed by atoms with van der Waals surface area (Å²) in [6.45, 7) is 5.94. The molecule has 0 unspecified atom stereocenters. The first-order chi connectivity index (χ1) is 9.43. The number of carboxylic acid groups (broad SMARTS) is 1. The highest BCUT2D eigenvalue weighted by molar-refractivity contribution is 5.96. The Balaban J connectivity index is 2.60. The number of carbonyl (C=O) groups is 1. The van der Waals surface area contributed by atoms with Gasteiger partial charge in [0.1, 0.15) is 5.75 Å². The molecule has 0 spiro atoms. The smallest absolute Gasteiger partial charge is 0.336 e. The second-order valence-electron chi connectivity index (χ2n) is 4.92. The number of rotatable bonds is 4. The van der Waals surface area contributed by atoms with Gasteiger partial charge in [0, 0.05) is 17.8 Å². The molecule has 0 aliphatic heterocycles. The van der Waals surface area contributed by atoms with Crippen LogP contribution >= 0.6 is 0 Å². The normalized spacial score (nSPS) is 10.8. The van der Waals surface area contributed by atoms with E-state index in [-0.39, 0.29) is 11.6 Å². The molecule has 0 saturated carbocycles. The molecule has 0 aliphatic rings. The summed E-state index contributed by atoms with van der Waals surface area (Å²) in [7, 11) is 1.52. The zero-order valence-corrected chi connectivity index (χ0v) is 12.0. The molecule has 0 fully saturated rings. The molecule has 5 nitrogen and oxygen atoms in total. The van der Waals surface area contributed by atoms with E-state index >= 15 is 0 Å². The summed E-state index contributed by atoms with van der Waals surface area (Å²) < 4.78 is 6.92. The van der Waals surface area contributed by atoms with Gasteiger partial charge in [0.25, 0.3) is 0 Å². The Morgan fingerprint density at radius 3 is 2.55 bits per heavy atom. The van der Waals surface area contributed by atoms with Crippen molar-refractivity contribution < 1.29 is 14.6 Å². The lowest BCUT2D eigenvalue weighted by Crippen LogP contribution is -2.01. The van der Waals surface area contributed by atoms with Crippen molar-refractivity contribution in [3.05, 3.63) is 35.7 Å². The summed E-state index contributed by atoms with van der Waals surface area (Å²) >= 11 is 0. The number of ether oxygens (including phenoxy) is 1. The lowest BCUT2D eigenvalue weighted by atomic mass is 10.00. The van der Waals surface area contributed by atoms with Gasteiger partial charge in [-0.25, -0.2) is 4.79 Å². The Bertz CT molecular complexity index is 645. The molecule has 1 aromatic heterocycles. The number of aryl methyl sites for hydroxylation is 1. The molecule has 0 aliphatic carbocycles. The third-order valence-electron chi connectivity index (χ3n) is 3.19. The van der Waals surface area contributed by atoms with E-state index in [4.69, 9.17) is 4.74 Å². The highest BCUT2D eigenvalue weighted by atomic mass is 16.5. The average Bonchev–Trinajstić information content (AvgIpc) is 2.80. The third-order valence-corrected chi connectivity index (χ3v) is 3.19. The quantitative estimate of drug-likeness (QED) is 0.930. The number of hydrogen-bond donors (Lipinski definition) is 1. The van der Waals surface area contributed by atoms with Crippen LogP contribution in [0.1, 0.15) is 35.9 Å². The largest absolute Gasteiger partial charge is 0.497 e. The molecule has 0 saturated heterocycles. The van der Waals surface area contributed by atoms with Crippen molar-refractivity contribution in [3.63, 3.8) is 0 Å². The van der Waals surface area contributed by atoms with Gasteiger partial charge in [0.05, 0.1) is 18.4 Å². The van der Waals surface area contributed by atoms with Crippen LogP contribution in [0, 0.1) is 6.92 Å². The third kappa shape index (κ3) is 2.52. The Morgan fingerprint density at radius 1 is 1.35 bits per heavy atom. The first-order valence-corrected chi connectivity index (χ1v) is 6.41. The van der Waals surface area contributed by atoms with Gasteiger partial charge in [-0.15, -0.1) is 0 Å². The first kappa shape index (κ1) is 14.1. The van der Waals surface area contributed by atoms with Crippen LogP contribution in [-0.2, 0) is 0 Å². The van der Waals surface area contributed by atoms with Crippen LogP contribution in [0.15, 0.2) is 24.4 Å². The summed E-state index contributed by atoms with van der Waals surface area (Å²) in [5.74, 6) is -0.448. The van der Waals surface area contributed by atoms with Crippen LogP contribution < -0.4 is 4.74 Å². The number of methoxy groups -OCH3 is 1. The Kier molecular flexibility index (Phi) is 3.79. The van der Waals surface area contributed by atoms with Crippen molar-refractivity contribution in [1.29, 1.82) is 0 Å². The maximum atomic E-state index is 11.4. The van der Waals surface area contributed by atoms with Crippen LogP contribution in [0.4, 0.5) is 0 Å². The monoisotopic (exact) mass is 274 g/mol. The predicted molar refractivity (Wildman–Crippen MR) is 76.3 cm³/mol. The minimum Gasteiger partial charge on any atom is -0.497 e. The minimum atomic E-state index is -0.976. The summed E-state index contributed by atoms with van der Waals surface area (Å²) in [6, 6.07) is 5.28. The number of benzene rings is 1. The average molecular weight is 274 g/mol. The van der Waals surface area contributed by atoms with Gasteiger partial charge in [0.2, 0.25) is 0 Å². The van der Waals surface area contributed by atoms with Crippen molar-refractivity contribution in [1.82, 2.24) is 9.78 Å². The minimum absolute atomic E-state index is 0.218. The Hall–Kier alpha value is -2.30. The van der Waals surface area contributed by atoms with E-state index in [2.05, 4.69) is 5.10 Å². The van der Waals surface area contributed by atoms with Crippen molar-refractivity contribution in [2.24, 2.45) is 0 Å². The van der Waals surface area contributed by atoms with Gasteiger partial charge in [0.15, 0.2) is 0 Å². The lowest BCUT2D eigenvalue weighted by molar-refractivity contribution is 0.0697. The second-order valence-corrected chi connectivity index (χ2v) is 4.92. The van der Waals surface area contributed by atoms with Crippen LogP contribution in [0.25, 0.3) is 11.1 Å². The predicted octanol–water partition coefficient (Wildman–Crippen LogP) is 3.15. The topological polar surface area (TPSA) is 64.4 Å². The number of hydrogen-bond acceptors (Lipinski definition) is 3. The van der Waals surface area contributed by atoms with Crippen LogP contribution in [-0.4, -0.2) is 28.0 Å². The molecule has 5 heteroatoms. The molecule has 1 heterocycles. The van der Waals surface area contributed by atoms with E-state index in [0.717, 1.165) is 11.3 Å². The second kappa shape index (κ2) is 5.36. The lowest BCUT2D eigenvalue weighted by Gasteiger charge is -2.07. The van der Waals surface area contributed by atoms with Crippen LogP contribution in [0.5, 0.6) is 5.75 Å². The fraction of sp³-hybridized carbons (Fsp3) is 0.333. The fourth-order valence-electron chi connectivity index (χ4n) is 2.07. The summed E-state index contributed by atoms with van der Waals surface area (Å²) in [5, 5.41) is 13.8.